The van der Waals surface area contributed by atoms with E-state index in [1.807, 2.05) is 12.1 Å². The van der Waals surface area contributed by atoms with Gasteiger partial charge in [-0.1, -0.05) is 52.2 Å². The first-order valence-corrected chi connectivity index (χ1v) is 6.63. The van der Waals surface area contributed by atoms with Gasteiger partial charge in [0.2, 0.25) is 0 Å². The van der Waals surface area contributed by atoms with Crippen LogP contribution >= 0.6 is 27.5 Å². The van der Waals surface area contributed by atoms with Crippen molar-refractivity contribution in [2.75, 3.05) is 5.33 Å². The predicted molar refractivity (Wildman–Crippen MR) is 65.3 cm³/mol. The van der Waals surface area contributed by atoms with Crippen LogP contribution in [0.1, 0.15) is 30.7 Å². The predicted octanol–water partition coefficient (Wildman–Crippen LogP) is 4.62. The van der Waals surface area contributed by atoms with E-state index in [1.54, 1.807) is 0 Å². The fourth-order valence-corrected chi connectivity index (χ4v) is 3.23. The summed E-state index contributed by atoms with van der Waals surface area (Å²) >= 11 is 9.81. The number of rotatable bonds is 3. The van der Waals surface area contributed by atoms with Gasteiger partial charge in [0.1, 0.15) is 0 Å². The average Bonchev–Trinajstić information content (AvgIpc) is 2.12. The van der Waals surface area contributed by atoms with E-state index in [0.717, 1.165) is 16.3 Å². The van der Waals surface area contributed by atoms with Gasteiger partial charge in [0, 0.05) is 10.4 Å². The van der Waals surface area contributed by atoms with Crippen molar-refractivity contribution in [3.05, 3.63) is 34.9 Å². The molecule has 0 saturated heterocycles. The zero-order valence-corrected chi connectivity index (χ0v) is 10.4. The molecule has 1 aliphatic rings. The highest BCUT2D eigenvalue weighted by atomic mass is 79.9. The van der Waals surface area contributed by atoms with Crippen LogP contribution in [0.2, 0.25) is 5.02 Å². The molecule has 0 radical (unpaired) electrons. The Morgan fingerprint density at radius 2 is 2.07 bits per heavy atom. The molecule has 2 heteroatoms. The summed E-state index contributed by atoms with van der Waals surface area (Å²) in [6.45, 7) is 0. The maximum absolute atomic E-state index is 6.20. The van der Waals surface area contributed by atoms with Crippen molar-refractivity contribution >= 4 is 27.5 Å². The highest BCUT2D eigenvalue weighted by molar-refractivity contribution is 9.09. The minimum atomic E-state index is 0.609. The number of halogens is 2. The van der Waals surface area contributed by atoms with Crippen LogP contribution in [0, 0.1) is 5.92 Å². The number of alkyl halides is 1. The molecule has 1 atom stereocenters. The van der Waals surface area contributed by atoms with Crippen molar-refractivity contribution in [2.45, 2.75) is 25.2 Å². The van der Waals surface area contributed by atoms with Gasteiger partial charge in [0.25, 0.3) is 0 Å². The molecule has 1 fully saturated rings. The average molecular weight is 274 g/mol. The second-order valence-electron chi connectivity index (χ2n) is 3.97. The van der Waals surface area contributed by atoms with Crippen LogP contribution in [0.25, 0.3) is 0 Å². The van der Waals surface area contributed by atoms with Gasteiger partial charge in [-0.2, -0.15) is 0 Å². The summed E-state index contributed by atoms with van der Waals surface area (Å²) in [4.78, 5) is 0. The Labute approximate surface area is 98.8 Å². The van der Waals surface area contributed by atoms with Crippen LogP contribution < -0.4 is 0 Å². The molecule has 0 aromatic heterocycles. The molecule has 1 aromatic rings. The lowest BCUT2D eigenvalue weighted by Crippen LogP contribution is -2.21. The van der Waals surface area contributed by atoms with Crippen LogP contribution in [0.15, 0.2) is 24.3 Å². The van der Waals surface area contributed by atoms with Crippen molar-refractivity contribution in [2.24, 2.45) is 5.92 Å². The lowest BCUT2D eigenvalue weighted by atomic mass is 9.74. The molecule has 1 aromatic carbocycles. The molecule has 0 aliphatic heterocycles. The van der Waals surface area contributed by atoms with E-state index in [0.29, 0.717) is 5.92 Å². The summed E-state index contributed by atoms with van der Waals surface area (Å²) in [6.07, 6.45) is 4.11. The Hall–Kier alpha value is -0.0100. The van der Waals surface area contributed by atoms with Gasteiger partial charge < -0.3 is 0 Å². The summed E-state index contributed by atoms with van der Waals surface area (Å²) in [7, 11) is 0. The number of hydrogen-bond acceptors (Lipinski definition) is 0. The minimum Gasteiger partial charge on any atom is -0.0921 e. The Kier molecular flexibility index (Phi) is 3.51. The van der Waals surface area contributed by atoms with E-state index < -0.39 is 0 Å². The largest absolute Gasteiger partial charge is 0.0921 e. The standard InChI is InChI=1S/C12H14BrCl/c13-8-11(9-4-3-5-9)10-6-1-2-7-12(10)14/h1-2,6-7,9,11H,3-5,8H2. The second kappa shape index (κ2) is 4.67. The molecular formula is C12H14BrCl. The van der Waals surface area contributed by atoms with Gasteiger partial charge in [-0.15, -0.1) is 0 Å². The third kappa shape index (κ3) is 1.99. The summed E-state index contributed by atoms with van der Waals surface area (Å²) in [5.41, 5.74) is 1.32. The minimum absolute atomic E-state index is 0.609. The van der Waals surface area contributed by atoms with Crippen LogP contribution in [0.3, 0.4) is 0 Å². The summed E-state index contributed by atoms with van der Waals surface area (Å²) < 4.78 is 0. The first-order chi connectivity index (χ1) is 6.83. The SMILES string of the molecule is Clc1ccccc1C(CBr)C1CCC1. The smallest absolute Gasteiger partial charge is 0.0441 e. The molecule has 0 N–H and O–H groups in total. The van der Waals surface area contributed by atoms with E-state index in [9.17, 15) is 0 Å². The molecule has 1 aliphatic carbocycles. The highest BCUT2D eigenvalue weighted by Crippen LogP contribution is 2.42. The van der Waals surface area contributed by atoms with Gasteiger partial charge in [0.05, 0.1) is 0 Å². The summed E-state index contributed by atoms with van der Waals surface area (Å²) in [6, 6.07) is 8.23. The zero-order valence-electron chi connectivity index (χ0n) is 8.05. The molecule has 1 saturated carbocycles. The molecule has 0 spiro atoms. The van der Waals surface area contributed by atoms with Crippen molar-refractivity contribution < 1.29 is 0 Å². The topological polar surface area (TPSA) is 0 Å². The lowest BCUT2D eigenvalue weighted by Gasteiger charge is -2.33. The van der Waals surface area contributed by atoms with Gasteiger partial charge in [-0.05, 0) is 36.3 Å². The van der Waals surface area contributed by atoms with Crippen molar-refractivity contribution in [1.29, 1.82) is 0 Å². The molecule has 0 amide bonds. The van der Waals surface area contributed by atoms with E-state index in [-0.39, 0.29) is 0 Å². The quantitative estimate of drug-likeness (QED) is 0.705. The summed E-state index contributed by atoms with van der Waals surface area (Å²) in [5.74, 6) is 1.45. The van der Waals surface area contributed by atoms with Crippen molar-refractivity contribution in [1.82, 2.24) is 0 Å². The fraction of sp³-hybridized carbons (Fsp3) is 0.500. The Morgan fingerprint density at radius 1 is 1.36 bits per heavy atom. The molecule has 14 heavy (non-hydrogen) atoms. The molecule has 2 rings (SSSR count). The van der Waals surface area contributed by atoms with Gasteiger partial charge >= 0.3 is 0 Å². The summed E-state index contributed by atoms with van der Waals surface area (Å²) in [5, 5.41) is 1.95. The third-order valence-corrected chi connectivity index (χ3v) is 4.23. The molecule has 76 valence electrons. The molecule has 0 nitrogen and oxygen atoms in total. The van der Waals surface area contributed by atoms with Crippen LogP contribution in [-0.4, -0.2) is 5.33 Å². The van der Waals surface area contributed by atoms with Crippen molar-refractivity contribution in [3.8, 4) is 0 Å². The molecular weight excluding hydrogens is 259 g/mol. The van der Waals surface area contributed by atoms with E-state index in [1.165, 1.54) is 24.8 Å². The normalized spacial score (nSPS) is 19.0. The number of benzene rings is 1. The van der Waals surface area contributed by atoms with Crippen LogP contribution in [0.5, 0.6) is 0 Å². The van der Waals surface area contributed by atoms with Gasteiger partial charge in [0.15, 0.2) is 0 Å². The fourth-order valence-electron chi connectivity index (χ4n) is 2.08. The first-order valence-electron chi connectivity index (χ1n) is 5.13. The maximum atomic E-state index is 6.20. The molecule has 1 unspecified atom stereocenters. The second-order valence-corrected chi connectivity index (χ2v) is 5.03. The third-order valence-electron chi connectivity index (χ3n) is 3.19. The molecule has 0 bridgehead atoms. The maximum Gasteiger partial charge on any atom is 0.0441 e. The first kappa shape index (κ1) is 10.5. The van der Waals surface area contributed by atoms with E-state index in [2.05, 4.69) is 28.1 Å². The van der Waals surface area contributed by atoms with Gasteiger partial charge in [-0.3, -0.25) is 0 Å². The zero-order chi connectivity index (χ0) is 9.97. The monoisotopic (exact) mass is 272 g/mol. The lowest BCUT2D eigenvalue weighted by molar-refractivity contribution is 0.275. The van der Waals surface area contributed by atoms with E-state index >= 15 is 0 Å². The Morgan fingerprint density at radius 3 is 2.57 bits per heavy atom. The van der Waals surface area contributed by atoms with Crippen LogP contribution in [-0.2, 0) is 0 Å². The highest BCUT2D eigenvalue weighted by Gasteiger charge is 2.28. The Balaban J connectivity index is 2.22. The van der Waals surface area contributed by atoms with E-state index in [4.69, 9.17) is 11.6 Å². The molecule has 0 heterocycles. The Bertz CT molecular complexity index is 307. The number of hydrogen-bond donors (Lipinski definition) is 0. The van der Waals surface area contributed by atoms with Crippen LogP contribution in [0.4, 0.5) is 0 Å². The van der Waals surface area contributed by atoms with Gasteiger partial charge in [-0.25, -0.2) is 0 Å². The van der Waals surface area contributed by atoms with Crippen molar-refractivity contribution in [3.63, 3.8) is 0 Å².